The summed E-state index contributed by atoms with van der Waals surface area (Å²) in [4.78, 5) is 0. The summed E-state index contributed by atoms with van der Waals surface area (Å²) < 4.78 is 0. The van der Waals surface area contributed by atoms with Crippen molar-refractivity contribution in [1.82, 2.24) is 0 Å². The molecule has 1 aliphatic rings. The van der Waals surface area contributed by atoms with Crippen LogP contribution in [0.3, 0.4) is 0 Å². The highest BCUT2D eigenvalue weighted by Crippen LogP contribution is 2.24. The molecule has 1 atom stereocenters. The molecule has 0 saturated carbocycles. The Kier molecular flexibility index (Phi) is 2.13. The van der Waals surface area contributed by atoms with Gasteiger partial charge in [0.1, 0.15) is 6.07 Å². The summed E-state index contributed by atoms with van der Waals surface area (Å²) in [7, 11) is 0. The highest BCUT2D eigenvalue weighted by Gasteiger charge is 2.09. The zero-order valence-electron chi connectivity index (χ0n) is 5.76. The molecule has 0 N–H and O–H groups in total. The van der Waals surface area contributed by atoms with Gasteiger partial charge in [0, 0.05) is 0 Å². The number of hydrogen-bond donors (Lipinski definition) is 0. The largest absolute Gasteiger partial charge is 0.192 e. The molecular weight excluding hydrogens is 146 g/mol. The molecule has 1 aliphatic carbocycles. The second-order valence-electron chi connectivity index (χ2n) is 2.46. The van der Waals surface area contributed by atoms with E-state index in [1.807, 2.05) is 18.2 Å². The SMILES string of the molecule is C[C@@H]1C=C(Cl)C(C#N)=CC1. The molecule has 0 fully saturated rings. The van der Waals surface area contributed by atoms with E-state index >= 15 is 0 Å². The second kappa shape index (κ2) is 2.90. The van der Waals surface area contributed by atoms with Crippen LogP contribution in [0, 0.1) is 17.2 Å². The van der Waals surface area contributed by atoms with Crippen LogP contribution in [-0.4, -0.2) is 0 Å². The van der Waals surface area contributed by atoms with E-state index in [9.17, 15) is 0 Å². The first-order valence-corrected chi connectivity index (χ1v) is 3.60. The van der Waals surface area contributed by atoms with E-state index in [-0.39, 0.29) is 0 Å². The molecule has 52 valence electrons. The van der Waals surface area contributed by atoms with E-state index in [4.69, 9.17) is 16.9 Å². The Morgan fingerprint density at radius 3 is 3.00 bits per heavy atom. The molecule has 0 radical (unpaired) electrons. The zero-order chi connectivity index (χ0) is 7.56. The molecule has 0 spiro atoms. The van der Waals surface area contributed by atoms with Crippen LogP contribution in [0.2, 0.25) is 0 Å². The van der Waals surface area contributed by atoms with Crippen LogP contribution < -0.4 is 0 Å². The van der Waals surface area contributed by atoms with Gasteiger partial charge in [0.05, 0.1) is 10.6 Å². The van der Waals surface area contributed by atoms with Crippen LogP contribution in [0.25, 0.3) is 0 Å². The first-order chi connectivity index (χ1) is 4.74. The van der Waals surface area contributed by atoms with Crippen molar-refractivity contribution in [2.45, 2.75) is 13.3 Å². The first-order valence-electron chi connectivity index (χ1n) is 3.22. The van der Waals surface area contributed by atoms with Crippen molar-refractivity contribution in [2.24, 2.45) is 5.92 Å². The van der Waals surface area contributed by atoms with E-state index < -0.39 is 0 Å². The molecule has 1 nitrogen and oxygen atoms in total. The number of hydrogen-bond acceptors (Lipinski definition) is 1. The molecule has 0 bridgehead atoms. The third-order valence-corrected chi connectivity index (χ3v) is 1.83. The Labute approximate surface area is 65.6 Å². The summed E-state index contributed by atoms with van der Waals surface area (Å²) in [5.74, 6) is 0.476. The lowest BCUT2D eigenvalue weighted by Gasteiger charge is -2.09. The Morgan fingerprint density at radius 2 is 2.50 bits per heavy atom. The van der Waals surface area contributed by atoms with Gasteiger partial charge in [0.25, 0.3) is 0 Å². The van der Waals surface area contributed by atoms with Gasteiger partial charge in [-0.15, -0.1) is 0 Å². The minimum Gasteiger partial charge on any atom is -0.192 e. The predicted octanol–water partition coefficient (Wildman–Crippen LogP) is 2.60. The van der Waals surface area contributed by atoms with Crippen LogP contribution in [0.1, 0.15) is 13.3 Å². The summed E-state index contributed by atoms with van der Waals surface area (Å²) in [5, 5.41) is 9.10. The van der Waals surface area contributed by atoms with Crippen LogP contribution in [0.5, 0.6) is 0 Å². The topological polar surface area (TPSA) is 23.8 Å². The van der Waals surface area contributed by atoms with Gasteiger partial charge in [-0.2, -0.15) is 5.26 Å². The molecule has 0 amide bonds. The van der Waals surface area contributed by atoms with Gasteiger partial charge < -0.3 is 0 Å². The fourth-order valence-electron chi connectivity index (χ4n) is 0.908. The smallest absolute Gasteiger partial charge is 0.100 e. The number of allylic oxidation sites excluding steroid dienone is 4. The Morgan fingerprint density at radius 1 is 1.80 bits per heavy atom. The maximum Gasteiger partial charge on any atom is 0.100 e. The van der Waals surface area contributed by atoms with Crippen molar-refractivity contribution in [1.29, 1.82) is 5.26 Å². The molecular formula is C8H8ClN. The molecule has 0 heterocycles. The molecule has 0 unspecified atom stereocenters. The first kappa shape index (κ1) is 7.37. The summed E-state index contributed by atoms with van der Waals surface area (Å²) in [6.45, 7) is 2.08. The third kappa shape index (κ3) is 1.40. The van der Waals surface area contributed by atoms with E-state index in [0.717, 1.165) is 6.42 Å². The van der Waals surface area contributed by atoms with E-state index in [1.165, 1.54) is 0 Å². The lowest BCUT2D eigenvalue weighted by Crippen LogP contribution is -1.96. The van der Waals surface area contributed by atoms with Gasteiger partial charge in [-0.1, -0.05) is 30.7 Å². The van der Waals surface area contributed by atoms with Crippen LogP contribution in [0.15, 0.2) is 22.8 Å². The fraction of sp³-hybridized carbons (Fsp3) is 0.375. The monoisotopic (exact) mass is 153 g/mol. The van der Waals surface area contributed by atoms with E-state index in [2.05, 4.69) is 6.92 Å². The maximum atomic E-state index is 8.50. The number of halogens is 1. The predicted molar refractivity (Wildman–Crippen MR) is 41.4 cm³/mol. The van der Waals surface area contributed by atoms with E-state index in [0.29, 0.717) is 16.5 Å². The standard InChI is InChI=1S/C8H8ClN/c1-6-2-3-7(5-10)8(9)4-6/h3-4,6H,2H2,1H3/t6-/m0/s1. The summed E-state index contributed by atoms with van der Waals surface area (Å²) in [5.41, 5.74) is 0.611. The van der Waals surface area contributed by atoms with Gasteiger partial charge >= 0.3 is 0 Å². The molecule has 10 heavy (non-hydrogen) atoms. The molecule has 0 saturated heterocycles. The lowest BCUT2D eigenvalue weighted by molar-refractivity contribution is 0.731. The highest BCUT2D eigenvalue weighted by atomic mass is 35.5. The van der Waals surface area contributed by atoms with Crippen molar-refractivity contribution in [3.8, 4) is 6.07 Å². The minimum atomic E-state index is 0.476. The average Bonchev–Trinajstić information content (AvgIpc) is 1.88. The van der Waals surface area contributed by atoms with Gasteiger partial charge in [0.15, 0.2) is 0 Å². The molecule has 0 aromatic rings. The fourth-order valence-corrected chi connectivity index (χ4v) is 1.24. The highest BCUT2D eigenvalue weighted by molar-refractivity contribution is 6.32. The molecule has 1 rings (SSSR count). The number of nitriles is 1. The van der Waals surface area contributed by atoms with Crippen molar-refractivity contribution in [2.75, 3.05) is 0 Å². The number of nitrogens with zero attached hydrogens (tertiary/aromatic N) is 1. The average molecular weight is 154 g/mol. The zero-order valence-corrected chi connectivity index (χ0v) is 6.52. The Balaban J connectivity index is 2.84. The van der Waals surface area contributed by atoms with Crippen molar-refractivity contribution < 1.29 is 0 Å². The van der Waals surface area contributed by atoms with Gasteiger partial charge in [-0.05, 0) is 12.3 Å². The van der Waals surface area contributed by atoms with Crippen molar-refractivity contribution >= 4 is 11.6 Å². The van der Waals surface area contributed by atoms with Crippen molar-refractivity contribution in [3.63, 3.8) is 0 Å². The summed E-state index contributed by atoms with van der Waals surface area (Å²) in [6, 6.07) is 2.04. The van der Waals surface area contributed by atoms with Gasteiger partial charge in [0.2, 0.25) is 0 Å². The molecule has 0 aromatic carbocycles. The number of rotatable bonds is 0. The maximum absolute atomic E-state index is 8.50. The normalized spacial score (nSPS) is 24.7. The summed E-state index contributed by atoms with van der Waals surface area (Å²) in [6.07, 6.45) is 4.73. The van der Waals surface area contributed by atoms with Crippen LogP contribution in [-0.2, 0) is 0 Å². The lowest BCUT2D eigenvalue weighted by atomic mass is 9.99. The van der Waals surface area contributed by atoms with Gasteiger partial charge in [-0.25, -0.2) is 0 Å². The Hall–Kier alpha value is -0.740. The van der Waals surface area contributed by atoms with Gasteiger partial charge in [-0.3, -0.25) is 0 Å². The second-order valence-corrected chi connectivity index (χ2v) is 2.86. The molecule has 0 aromatic heterocycles. The third-order valence-electron chi connectivity index (χ3n) is 1.50. The molecule has 2 heteroatoms. The van der Waals surface area contributed by atoms with Crippen molar-refractivity contribution in [3.05, 3.63) is 22.8 Å². The molecule has 0 aliphatic heterocycles. The van der Waals surface area contributed by atoms with Crippen LogP contribution >= 0.6 is 11.6 Å². The Bertz CT molecular complexity index is 232. The minimum absolute atomic E-state index is 0.476. The quantitative estimate of drug-likeness (QED) is 0.525. The van der Waals surface area contributed by atoms with E-state index in [1.54, 1.807) is 0 Å². The summed E-state index contributed by atoms with van der Waals surface area (Å²) >= 11 is 5.75. The van der Waals surface area contributed by atoms with Crippen LogP contribution in [0.4, 0.5) is 0 Å².